The fraction of sp³-hybridized carbons (Fsp3) is 0.636. The minimum atomic E-state index is -0.136. The number of anilines is 1. The molecule has 6 heteroatoms. The van der Waals surface area contributed by atoms with E-state index in [4.69, 9.17) is 4.74 Å². The van der Waals surface area contributed by atoms with Gasteiger partial charge in [-0.25, -0.2) is 4.98 Å². The number of morpholine rings is 1. The number of carbonyl (C=O) groups is 1. The molecule has 1 aromatic heterocycles. The van der Waals surface area contributed by atoms with Crippen LogP contribution in [0.25, 0.3) is 0 Å². The molecular weight excluding hydrogens is 238 g/mol. The Balaban J connectivity index is 1.90. The fourth-order valence-electron chi connectivity index (χ4n) is 1.75. The van der Waals surface area contributed by atoms with Crippen molar-refractivity contribution >= 4 is 22.4 Å². The maximum atomic E-state index is 12.0. The molecule has 2 rings (SSSR count). The smallest absolute Gasteiger partial charge is 0.243 e. The van der Waals surface area contributed by atoms with Gasteiger partial charge in [-0.1, -0.05) is 0 Å². The second-order valence-corrected chi connectivity index (χ2v) is 4.97. The van der Waals surface area contributed by atoms with Crippen molar-refractivity contribution in [2.24, 2.45) is 0 Å². The monoisotopic (exact) mass is 255 g/mol. The molecule has 0 aromatic carbocycles. The molecule has 0 radical (unpaired) electrons. The molecule has 0 saturated carbocycles. The zero-order chi connectivity index (χ0) is 12.3. The topological polar surface area (TPSA) is 54.5 Å². The van der Waals surface area contributed by atoms with E-state index in [-0.39, 0.29) is 11.9 Å². The van der Waals surface area contributed by atoms with E-state index in [0.29, 0.717) is 18.3 Å². The first-order valence-electron chi connectivity index (χ1n) is 5.71. The molecule has 1 atom stereocenters. The Kier molecular flexibility index (Phi) is 4.09. The van der Waals surface area contributed by atoms with E-state index in [2.05, 4.69) is 15.2 Å². The minimum absolute atomic E-state index is 0.00116. The molecular formula is C11H17N3O2S. The summed E-state index contributed by atoms with van der Waals surface area (Å²) in [6.07, 6.45) is 0. The zero-order valence-electron chi connectivity index (χ0n) is 10.1. The van der Waals surface area contributed by atoms with Crippen LogP contribution < -0.4 is 5.32 Å². The van der Waals surface area contributed by atoms with Crippen molar-refractivity contribution in [1.82, 2.24) is 9.88 Å². The predicted octanol–water partition coefficient (Wildman–Crippen LogP) is 1.11. The van der Waals surface area contributed by atoms with Crippen molar-refractivity contribution in [2.45, 2.75) is 19.9 Å². The zero-order valence-corrected chi connectivity index (χ0v) is 10.9. The van der Waals surface area contributed by atoms with Crippen LogP contribution >= 0.6 is 11.3 Å². The lowest BCUT2D eigenvalue weighted by Crippen LogP contribution is -2.47. The average Bonchev–Trinajstić information content (AvgIpc) is 2.75. The standard InChI is InChI=1S/C11H17N3O2S/c1-8-7-17-11(12-8)13-10(15)9(2)14-3-5-16-6-4-14/h7,9H,3-6H2,1-2H3,(H,12,13,15). The van der Waals surface area contributed by atoms with Gasteiger partial charge in [-0.15, -0.1) is 11.3 Å². The van der Waals surface area contributed by atoms with Crippen LogP contribution in [0.2, 0.25) is 0 Å². The number of carbonyl (C=O) groups excluding carboxylic acids is 1. The molecule has 17 heavy (non-hydrogen) atoms. The van der Waals surface area contributed by atoms with Gasteiger partial charge in [-0.3, -0.25) is 9.69 Å². The number of hydrogen-bond donors (Lipinski definition) is 1. The Hall–Kier alpha value is -0.980. The first-order chi connectivity index (χ1) is 8.16. The lowest BCUT2D eigenvalue weighted by Gasteiger charge is -2.31. The highest BCUT2D eigenvalue weighted by Gasteiger charge is 2.23. The van der Waals surface area contributed by atoms with Crippen LogP contribution in [0.1, 0.15) is 12.6 Å². The second kappa shape index (κ2) is 5.57. The minimum Gasteiger partial charge on any atom is -0.379 e. The Labute approximate surface area is 105 Å². The molecule has 0 bridgehead atoms. The second-order valence-electron chi connectivity index (χ2n) is 4.11. The van der Waals surface area contributed by atoms with Crippen molar-refractivity contribution in [3.05, 3.63) is 11.1 Å². The van der Waals surface area contributed by atoms with Gasteiger partial charge in [0.15, 0.2) is 5.13 Å². The molecule has 0 aliphatic carbocycles. The summed E-state index contributed by atoms with van der Waals surface area (Å²) >= 11 is 1.46. The summed E-state index contributed by atoms with van der Waals surface area (Å²) in [5, 5.41) is 5.45. The highest BCUT2D eigenvalue weighted by atomic mass is 32.1. The van der Waals surface area contributed by atoms with Crippen LogP contribution in [0, 0.1) is 6.92 Å². The van der Waals surface area contributed by atoms with Gasteiger partial charge in [0.2, 0.25) is 5.91 Å². The van der Waals surface area contributed by atoms with Crippen LogP contribution in [0.3, 0.4) is 0 Å². The third-order valence-corrected chi connectivity index (χ3v) is 3.70. The molecule has 1 aliphatic rings. The van der Waals surface area contributed by atoms with Gasteiger partial charge in [-0.2, -0.15) is 0 Å². The van der Waals surface area contributed by atoms with Crippen LogP contribution in [0.5, 0.6) is 0 Å². The molecule has 1 amide bonds. The lowest BCUT2D eigenvalue weighted by molar-refractivity contribution is -0.122. The Morgan fingerprint density at radius 3 is 2.88 bits per heavy atom. The average molecular weight is 255 g/mol. The number of aromatic nitrogens is 1. The quantitative estimate of drug-likeness (QED) is 0.879. The van der Waals surface area contributed by atoms with Crippen LogP contribution in [0.4, 0.5) is 5.13 Å². The lowest BCUT2D eigenvalue weighted by atomic mass is 10.2. The fourth-order valence-corrected chi connectivity index (χ4v) is 2.44. The van der Waals surface area contributed by atoms with Gasteiger partial charge in [-0.05, 0) is 13.8 Å². The summed E-state index contributed by atoms with van der Waals surface area (Å²) in [5.41, 5.74) is 0.935. The third kappa shape index (κ3) is 3.24. The predicted molar refractivity (Wildman–Crippen MR) is 67.3 cm³/mol. The number of nitrogens with zero attached hydrogens (tertiary/aromatic N) is 2. The van der Waals surface area contributed by atoms with E-state index in [1.54, 1.807) is 0 Å². The number of hydrogen-bond acceptors (Lipinski definition) is 5. The van der Waals surface area contributed by atoms with Crippen LogP contribution in [-0.2, 0) is 9.53 Å². The first-order valence-corrected chi connectivity index (χ1v) is 6.59. The molecule has 1 unspecified atom stereocenters. The van der Waals surface area contributed by atoms with Gasteiger partial charge < -0.3 is 10.1 Å². The van der Waals surface area contributed by atoms with E-state index >= 15 is 0 Å². The summed E-state index contributed by atoms with van der Waals surface area (Å²) < 4.78 is 5.27. The summed E-state index contributed by atoms with van der Waals surface area (Å²) in [6.45, 7) is 6.86. The number of amides is 1. The Morgan fingerprint density at radius 2 is 2.29 bits per heavy atom. The number of thiazole rings is 1. The molecule has 2 heterocycles. The van der Waals surface area contributed by atoms with Gasteiger partial charge >= 0.3 is 0 Å². The number of rotatable bonds is 3. The maximum absolute atomic E-state index is 12.0. The van der Waals surface area contributed by atoms with Gasteiger partial charge in [0, 0.05) is 18.5 Å². The molecule has 5 nitrogen and oxygen atoms in total. The molecule has 1 aromatic rings. The summed E-state index contributed by atoms with van der Waals surface area (Å²) in [5.74, 6) is 0.00116. The van der Waals surface area contributed by atoms with Crippen LogP contribution in [0.15, 0.2) is 5.38 Å². The molecule has 1 saturated heterocycles. The van der Waals surface area contributed by atoms with Crippen molar-refractivity contribution < 1.29 is 9.53 Å². The number of nitrogens with one attached hydrogen (secondary N) is 1. The van der Waals surface area contributed by atoms with Crippen LogP contribution in [-0.4, -0.2) is 48.1 Å². The summed E-state index contributed by atoms with van der Waals surface area (Å²) in [7, 11) is 0. The van der Waals surface area contributed by atoms with Crippen molar-refractivity contribution in [1.29, 1.82) is 0 Å². The molecule has 1 N–H and O–H groups in total. The van der Waals surface area contributed by atoms with E-state index in [9.17, 15) is 4.79 Å². The highest BCUT2D eigenvalue weighted by Crippen LogP contribution is 2.15. The van der Waals surface area contributed by atoms with Crippen molar-refractivity contribution in [3.8, 4) is 0 Å². The number of aryl methyl sites for hydroxylation is 1. The largest absolute Gasteiger partial charge is 0.379 e. The van der Waals surface area contributed by atoms with E-state index in [0.717, 1.165) is 18.8 Å². The maximum Gasteiger partial charge on any atom is 0.243 e. The molecule has 1 fully saturated rings. The van der Waals surface area contributed by atoms with E-state index in [1.807, 2.05) is 19.2 Å². The van der Waals surface area contributed by atoms with Crippen molar-refractivity contribution in [2.75, 3.05) is 31.6 Å². The first kappa shape index (κ1) is 12.5. The molecule has 1 aliphatic heterocycles. The highest BCUT2D eigenvalue weighted by molar-refractivity contribution is 7.13. The van der Waals surface area contributed by atoms with Gasteiger partial charge in [0.05, 0.1) is 24.9 Å². The molecule has 94 valence electrons. The van der Waals surface area contributed by atoms with E-state index in [1.165, 1.54) is 11.3 Å². The Morgan fingerprint density at radius 1 is 1.59 bits per heavy atom. The third-order valence-electron chi connectivity index (χ3n) is 2.82. The van der Waals surface area contributed by atoms with Crippen molar-refractivity contribution in [3.63, 3.8) is 0 Å². The Bertz CT molecular complexity index is 388. The summed E-state index contributed by atoms with van der Waals surface area (Å²) in [4.78, 5) is 18.3. The van der Waals surface area contributed by atoms with Gasteiger partial charge in [0.1, 0.15) is 0 Å². The van der Waals surface area contributed by atoms with E-state index < -0.39 is 0 Å². The molecule has 0 spiro atoms. The van der Waals surface area contributed by atoms with Gasteiger partial charge in [0.25, 0.3) is 0 Å². The normalized spacial score (nSPS) is 18.9. The SMILES string of the molecule is Cc1csc(NC(=O)C(C)N2CCOCC2)n1. The summed E-state index contributed by atoms with van der Waals surface area (Å²) in [6, 6.07) is -0.136. The number of ether oxygens (including phenoxy) is 1.